The second kappa shape index (κ2) is 10.1. The molecule has 0 saturated heterocycles. The molecule has 0 aliphatic carbocycles. The summed E-state index contributed by atoms with van der Waals surface area (Å²) >= 11 is 0. The summed E-state index contributed by atoms with van der Waals surface area (Å²) in [6, 6.07) is 14.1. The number of aromatic hydroxyl groups is 2. The highest BCUT2D eigenvalue weighted by atomic mass is 127. The Morgan fingerprint density at radius 3 is 2.41 bits per heavy atom. The lowest BCUT2D eigenvalue weighted by atomic mass is 10.2. The molecule has 0 fully saturated rings. The second-order valence-electron chi connectivity index (χ2n) is 5.89. The molecule has 8 heteroatoms. The van der Waals surface area contributed by atoms with Crippen molar-refractivity contribution in [2.24, 2.45) is 4.99 Å². The van der Waals surface area contributed by atoms with Crippen LogP contribution in [0.15, 0.2) is 53.5 Å². The molecule has 4 N–H and O–H groups in total. The van der Waals surface area contributed by atoms with E-state index in [0.717, 1.165) is 12.1 Å². The number of hydrogen-bond acceptors (Lipinski definition) is 6. The van der Waals surface area contributed by atoms with E-state index in [4.69, 9.17) is 0 Å². The van der Waals surface area contributed by atoms with E-state index in [0.29, 0.717) is 31.2 Å². The van der Waals surface area contributed by atoms with Gasteiger partial charge in [0.05, 0.1) is 24.3 Å². The zero-order valence-electron chi connectivity index (χ0n) is 14.8. The first-order valence-corrected chi connectivity index (χ1v) is 8.52. The molecule has 0 bridgehead atoms. The van der Waals surface area contributed by atoms with Crippen LogP contribution in [-0.4, -0.2) is 63.4 Å². The summed E-state index contributed by atoms with van der Waals surface area (Å²) in [5.74, 6) is 0.995. The Morgan fingerprint density at radius 2 is 1.78 bits per heavy atom. The molecule has 0 atom stereocenters. The Morgan fingerprint density at radius 1 is 1.07 bits per heavy atom. The van der Waals surface area contributed by atoms with E-state index < -0.39 is 0 Å². The number of aliphatic hydroxyl groups is 1. The van der Waals surface area contributed by atoms with Gasteiger partial charge in [-0.15, -0.1) is 33.7 Å². The minimum Gasteiger partial charge on any atom is -0.507 e. The number of phenolic OH excluding ortho intramolecular Hbond substituents is 2. The first kappa shape index (κ1) is 21.0. The molecule has 2 aromatic rings. The molecule has 1 aliphatic heterocycles. The third kappa shape index (κ3) is 5.33. The Bertz CT molecular complexity index is 826. The minimum atomic E-state index is -0.0629. The lowest BCUT2D eigenvalue weighted by Crippen LogP contribution is -2.47. The zero-order valence-corrected chi connectivity index (χ0v) is 17.2. The molecule has 0 amide bonds. The first-order chi connectivity index (χ1) is 12.7. The van der Waals surface area contributed by atoms with Crippen molar-refractivity contribution in [3.8, 4) is 11.5 Å². The predicted octanol–water partition coefficient (Wildman–Crippen LogP) is 1.52. The maximum atomic E-state index is 10.2. The lowest BCUT2D eigenvalue weighted by Gasteiger charge is -2.20. The van der Waals surface area contributed by atoms with Crippen molar-refractivity contribution >= 4 is 36.2 Å². The number of aliphatic hydroxyl groups excluding tert-OH is 1. The van der Waals surface area contributed by atoms with Crippen molar-refractivity contribution in [1.82, 2.24) is 10.3 Å². The van der Waals surface area contributed by atoms with Crippen LogP contribution in [0, 0.1) is 0 Å². The van der Waals surface area contributed by atoms with Crippen molar-refractivity contribution in [3.05, 3.63) is 59.7 Å². The van der Waals surface area contributed by atoms with E-state index in [9.17, 15) is 15.3 Å². The van der Waals surface area contributed by atoms with Gasteiger partial charge in [-0.2, -0.15) is 0 Å². The number of rotatable bonds is 6. The van der Waals surface area contributed by atoms with Gasteiger partial charge in [-0.1, -0.05) is 24.3 Å². The predicted molar refractivity (Wildman–Crippen MR) is 115 cm³/mol. The summed E-state index contributed by atoms with van der Waals surface area (Å²) in [4.78, 5) is 4.44. The van der Waals surface area contributed by atoms with Crippen molar-refractivity contribution in [1.29, 1.82) is 0 Å². The minimum absolute atomic E-state index is 0. The van der Waals surface area contributed by atoms with Gasteiger partial charge < -0.3 is 20.6 Å². The second-order valence-corrected chi connectivity index (χ2v) is 5.89. The van der Waals surface area contributed by atoms with Gasteiger partial charge >= 0.3 is 0 Å². The monoisotopic (exact) mass is 483 g/mol. The van der Waals surface area contributed by atoms with E-state index in [1.54, 1.807) is 36.5 Å². The number of aliphatic imine (C=N–C) groups is 1. The normalized spacial score (nSPS) is 13.5. The van der Waals surface area contributed by atoms with Crippen LogP contribution >= 0.6 is 24.0 Å². The molecule has 3 rings (SSSR count). The van der Waals surface area contributed by atoms with Crippen molar-refractivity contribution in [2.45, 2.75) is 6.54 Å². The van der Waals surface area contributed by atoms with E-state index in [1.165, 1.54) is 0 Å². The average Bonchev–Trinajstić information content (AvgIpc) is 3.17. The van der Waals surface area contributed by atoms with Crippen LogP contribution in [0.1, 0.15) is 11.1 Å². The summed E-state index contributed by atoms with van der Waals surface area (Å²) in [5.41, 5.74) is 1.35. The highest BCUT2D eigenvalue weighted by molar-refractivity contribution is 14.0. The number of guanidine groups is 1. The maximum Gasteiger partial charge on any atom is 0.251 e. The largest absolute Gasteiger partial charge is 0.507 e. The van der Waals surface area contributed by atoms with Crippen LogP contribution in [0.5, 0.6) is 11.5 Å². The van der Waals surface area contributed by atoms with Gasteiger partial charge in [-0.3, -0.25) is 0 Å². The van der Waals surface area contributed by atoms with Gasteiger partial charge in [0, 0.05) is 6.54 Å². The molecule has 1 aliphatic rings. The van der Waals surface area contributed by atoms with Crippen LogP contribution in [-0.2, 0) is 6.54 Å². The van der Waals surface area contributed by atoms with Crippen LogP contribution < -0.4 is 5.32 Å². The van der Waals surface area contributed by atoms with E-state index in [1.807, 2.05) is 27.9 Å². The van der Waals surface area contributed by atoms with E-state index in [-0.39, 0.29) is 42.1 Å². The Hall–Kier alpha value is -2.33. The molecule has 0 unspecified atom stereocenters. The highest BCUT2D eigenvalue weighted by Crippen LogP contribution is 2.19. The number of halogens is 1. The summed E-state index contributed by atoms with van der Waals surface area (Å²) in [6.45, 7) is 2.01. The first-order valence-electron chi connectivity index (χ1n) is 8.52. The Labute approximate surface area is 175 Å². The van der Waals surface area contributed by atoms with Gasteiger partial charge in [0.15, 0.2) is 0 Å². The van der Waals surface area contributed by atoms with Gasteiger partial charge in [-0.25, -0.2) is 4.99 Å². The molecule has 1 heterocycles. The molecule has 0 aromatic heterocycles. The molecule has 0 saturated carbocycles. The average molecular weight is 483 g/mol. The van der Waals surface area contributed by atoms with Gasteiger partial charge in [0.25, 0.3) is 5.96 Å². The highest BCUT2D eigenvalue weighted by Gasteiger charge is 2.26. The molecule has 0 spiro atoms. The van der Waals surface area contributed by atoms with E-state index >= 15 is 0 Å². The Kier molecular flexibility index (Phi) is 7.86. The van der Waals surface area contributed by atoms with E-state index in [2.05, 4.69) is 10.3 Å². The number of hydrazine groups is 1. The number of para-hydroxylation sites is 2. The number of benzene rings is 2. The topological polar surface area (TPSA) is 91.3 Å². The molecule has 7 nitrogen and oxygen atoms in total. The fraction of sp³-hybridized carbons (Fsp3) is 0.263. The van der Waals surface area contributed by atoms with Gasteiger partial charge in [0.1, 0.15) is 18.0 Å². The summed E-state index contributed by atoms with van der Waals surface area (Å²) in [5, 5.41) is 34.8. The molecule has 27 heavy (non-hydrogen) atoms. The zero-order chi connectivity index (χ0) is 18.4. The molecule has 2 aromatic carbocycles. The van der Waals surface area contributed by atoms with Gasteiger partial charge in [0.2, 0.25) is 12.8 Å². The number of nitrogens with one attached hydrogen (secondary N) is 1. The van der Waals surface area contributed by atoms with Crippen molar-refractivity contribution < 1.29 is 20.0 Å². The van der Waals surface area contributed by atoms with Gasteiger partial charge in [-0.05, 0) is 24.3 Å². The molecular weight excluding hydrogens is 459 g/mol. The smallest absolute Gasteiger partial charge is 0.251 e. The summed E-state index contributed by atoms with van der Waals surface area (Å²) < 4.78 is 1.83. The van der Waals surface area contributed by atoms with Crippen molar-refractivity contribution in [3.63, 3.8) is 0 Å². The summed E-state index contributed by atoms with van der Waals surface area (Å²) in [7, 11) is 0. The van der Waals surface area contributed by atoms with Crippen LogP contribution in [0.4, 0.5) is 0 Å². The van der Waals surface area contributed by atoms with Crippen LogP contribution in [0.25, 0.3) is 0 Å². The molecular formula is C19H24IN4O3+. The summed E-state index contributed by atoms with van der Waals surface area (Å²) in [6.07, 6.45) is 1.78. The number of hydrazone groups is 1. The van der Waals surface area contributed by atoms with Crippen molar-refractivity contribution in [2.75, 3.05) is 26.2 Å². The molecule has 0 radical (unpaired) electrons. The third-order valence-electron chi connectivity index (χ3n) is 4.07. The number of nitrogens with zero attached hydrogens (tertiary/aromatic N) is 3. The molecule has 144 valence electrons. The number of hydrogen-bond donors (Lipinski definition) is 4. The fourth-order valence-corrected chi connectivity index (χ4v) is 2.79. The Balaban J connectivity index is 0.00000261. The van der Waals surface area contributed by atoms with Crippen LogP contribution in [0.3, 0.4) is 0 Å². The SMILES string of the molecule is I.OCCN(C1=NCCN1)/[N+](=C\c1ccccc1O)Cc1ccccc1O. The number of phenols is 2. The standard InChI is InChI=1S/C19H22N4O3.HI/c24-12-11-23(19-20-9-10-21-19)22(13-15-5-1-3-7-17(15)25)14-16-6-2-4-8-18(16)26;/h1-8,13,24H,9-12,14H2,(H2,20,21,26);1H/p+1. The fourth-order valence-electron chi connectivity index (χ4n) is 2.79. The maximum absolute atomic E-state index is 10.2. The third-order valence-corrected chi connectivity index (χ3v) is 4.07. The van der Waals surface area contributed by atoms with Crippen LogP contribution in [0.2, 0.25) is 0 Å². The lowest BCUT2D eigenvalue weighted by molar-refractivity contribution is -0.677. The quantitative estimate of drug-likeness (QED) is 0.217.